The Balaban J connectivity index is 2.54. The lowest BCUT2D eigenvalue weighted by atomic mass is 10.0. The molecule has 2 aromatic rings. The molecule has 4 heteroatoms. The summed E-state index contributed by atoms with van der Waals surface area (Å²) in [4.78, 5) is 10.7. The van der Waals surface area contributed by atoms with Crippen molar-refractivity contribution in [3.05, 3.63) is 46.4 Å². The van der Waals surface area contributed by atoms with Crippen LogP contribution in [0.15, 0.2) is 40.9 Å². The lowest BCUT2D eigenvalue weighted by Crippen LogP contribution is -1.93. The minimum atomic E-state index is 0.648. The summed E-state index contributed by atoms with van der Waals surface area (Å²) in [6.45, 7) is 0. The Kier molecular flexibility index (Phi) is 4.22. The van der Waals surface area contributed by atoms with Crippen molar-refractivity contribution in [3.63, 3.8) is 0 Å². The van der Waals surface area contributed by atoms with E-state index in [0.717, 1.165) is 21.9 Å². The summed E-state index contributed by atoms with van der Waals surface area (Å²) in [7, 11) is 3.22. The third kappa shape index (κ3) is 2.63. The number of methoxy groups -OCH3 is 2. The first-order valence-electron chi connectivity index (χ1n) is 5.67. The molecule has 0 heterocycles. The number of aldehydes is 1. The second-order valence-corrected chi connectivity index (χ2v) is 4.70. The molecule has 0 radical (unpaired) electrons. The second kappa shape index (κ2) is 5.89. The molecular formula is C15H13BrO3. The van der Waals surface area contributed by atoms with Gasteiger partial charge in [0.05, 0.1) is 14.2 Å². The number of halogens is 1. The van der Waals surface area contributed by atoms with Crippen LogP contribution in [0.4, 0.5) is 0 Å². The van der Waals surface area contributed by atoms with Crippen molar-refractivity contribution in [1.29, 1.82) is 0 Å². The SMILES string of the molecule is COc1ccc(-c2ccc(C=O)cc2)c(OC)c1Br. The van der Waals surface area contributed by atoms with Crippen molar-refractivity contribution in [1.82, 2.24) is 0 Å². The number of ether oxygens (including phenoxy) is 2. The topological polar surface area (TPSA) is 35.5 Å². The van der Waals surface area contributed by atoms with Crippen LogP contribution in [0.2, 0.25) is 0 Å². The van der Waals surface area contributed by atoms with Crippen LogP contribution >= 0.6 is 15.9 Å². The molecule has 2 aromatic carbocycles. The monoisotopic (exact) mass is 320 g/mol. The highest BCUT2D eigenvalue weighted by molar-refractivity contribution is 9.10. The fourth-order valence-corrected chi connectivity index (χ4v) is 2.53. The van der Waals surface area contributed by atoms with E-state index in [4.69, 9.17) is 9.47 Å². The van der Waals surface area contributed by atoms with Gasteiger partial charge in [-0.25, -0.2) is 0 Å². The van der Waals surface area contributed by atoms with E-state index < -0.39 is 0 Å². The minimum absolute atomic E-state index is 0.648. The first kappa shape index (κ1) is 13.6. The largest absolute Gasteiger partial charge is 0.495 e. The zero-order valence-electron chi connectivity index (χ0n) is 10.6. The van der Waals surface area contributed by atoms with E-state index in [9.17, 15) is 4.79 Å². The predicted molar refractivity (Wildman–Crippen MR) is 78.1 cm³/mol. The number of benzene rings is 2. The maximum Gasteiger partial charge on any atom is 0.150 e. The van der Waals surface area contributed by atoms with Gasteiger partial charge in [0.1, 0.15) is 22.3 Å². The van der Waals surface area contributed by atoms with Gasteiger partial charge in [0.2, 0.25) is 0 Å². The standard InChI is InChI=1S/C15H13BrO3/c1-18-13-8-7-12(15(19-2)14(13)16)11-5-3-10(9-17)4-6-11/h3-9H,1-2H3. The van der Waals surface area contributed by atoms with E-state index in [1.165, 1.54) is 0 Å². The van der Waals surface area contributed by atoms with Crippen molar-refractivity contribution < 1.29 is 14.3 Å². The molecule has 0 atom stereocenters. The van der Waals surface area contributed by atoms with Gasteiger partial charge in [0.15, 0.2) is 0 Å². The van der Waals surface area contributed by atoms with Crippen molar-refractivity contribution in [2.75, 3.05) is 14.2 Å². The highest BCUT2D eigenvalue weighted by atomic mass is 79.9. The van der Waals surface area contributed by atoms with E-state index in [1.807, 2.05) is 24.3 Å². The van der Waals surface area contributed by atoms with Crippen molar-refractivity contribution >= 4 is 22.2 Å². The summed E-state index contributed by atoms with van der Waals surface area (Å²) in [6, 6.07) is 11.1. The molecule has 3 nitrogen and oxygen atoms in total. The zero-order chi connectivity index (χ0) is 13.8. The predicted octanol–water partition coefficient (Wildman–Crippen LogP) is 3.95. The van der Waals surface area contributed by atoms with Crippen molar-refractivity contribution in [2.24, 2.45) is 0 Å². The number of hydrogen-bond donors (Lipinski definition) is 0. The molecule has 98 valence electrons. The lowest BCUT2D eigenvalue weighted by molar-refractivity contribution is 0.112. The fourth-order valence-electron chi connectivity index (χ4n) is 1.86. The average molecular weight is 321 g/mol. The van der Waals surface area contributed by atoms with E-state index >= 15 is 0 Å². The van der Waals surface area contributed by atoms with Gasteiger partial charge >= 0.3 is 0 Å². The summed E-state index contributed by atoms with van der Waals surface area (Å²) < 4.78 is 11.4. The second-order valence-electron chi connectivity index (χ2n) is 3.90. The number of hydrogen-bond acceptors (Lipinski definition) is 3. The Morgan fingerprint density at radius 3 is 2.21 bits per heavy atom. The molecule has 0 aliphatic carbocycles. The highest BCUT2D eigenvalue weighted by Crippen LogP contribution is 2.41. The van der Waals surface area contributed by atoms with E-state index in [-0.39, 0.29) is 0 Å². The highest BCUT2D eigenvalue weighted by Gasteiger charge is 2.13. The molecule has 2 rings (SSSR count). The van der Waals surface area contributed by atoms with Gasteiger partial charge in [-0.05, 0) is 33.6 Å². The summed E-state index contributed by atoms with van der Waals surface area (Å²) in [5.74, 6) is 1.42. The molecule has 0 spiro atoms. The number of carbonyl (C=O) groups is 1. The Bertz CT molecular complexity index is 591. The molecule has 0 N–H and O–H groups in total. The molecule has 0 aromatic heterocycles. The summed E-state index contributed by atoms with van der Waals surface area (Å²) in [5.41, 5.74) is 2.56. The van der Waals surface area contributed by atoms with Gasteiger partial charge in [0, 0.05) is 11.1 Å². The average Bonchev–Trinajstić information content (AvgIpc) is 2.47. The quantitative estimate of drug-likeness (QED) is 0.800. The van der Waals surface area contributed by atoms with E-state index in [0.29, 0.717) is 17.1 Å². The van der Waals surface area contributed by atoms with Crippen LogP contribution in [0.25, 0.3) is 11.1 Å². The minimum Gasteiger partial charge on any atom is -0.495 e. The van der Waals surface area contributed by atoms with Crippen LogP contribution in [0.5, 0.6) is 11.5 Å². The molecule has 19 heavy (non-hydrogen) atoms. The van der Waals surface area contributed by atoms with Gasteiger partial charge in [0.25, 0.3) is 0 Å². The first-order chi connectivity index (χ1) is 9.21. The van der Waals surface area contributed by atoms with Gasteiger partial charge in [-0.15, -0.1) is 0 Å². The van der Waals surface area contributed by atoms with E-state index in [1.54, 1.807) is 26.4 Å². The number of rotatable bonds is 4. The van der Waals surface area contributed by atoms with Crippen LogP contribution in [0.3, 0.4) is 0 Å². The van der Waals surface area contributed by atoms with E-state index in [2.05, 4.69) is 15.9 Å². The first-order valence-corrected chi connectivity index (χ1v) is 6.46. The summed E-state index contributed by atoms with van der Waals surface area (Å²) in [6.07, 6.45) is 0.824. The van der Waals surface area contributed by atoms with Gasteiger partial charge in [-0.3, -0.25) is 4.79 Å². The maximum absolute atomic E-state index is 10.7. The molecule has 0 saturated carbocycles. The Morgan fingerprint density at radius 1 is 1.00 bits per heavy atom. The third-order valence-electron chi connectivity index (χ3n) is 2.84. The molecule has 0 aliphatic rings. The Labute approximate surface area is 120 Å². The molecule has 0 fully saturated rings. The molecular weight excluding hydrogens is 308 g/mol. The normalized spacial score (nSPS) is 10.1. The lowest BCUT2D eigenvalue weighted by Gasteiger charge is -2.13. The molecule has 0 bridgehead atoms. The summed E-state index contributed by atoms with van der Waals surface area (Å²) >= 11 is 3.47. The summed E-state index contributed by atoms with van der Waals surface area (Å²) in [5, 5.41) is 0. The van der Waals surface area contributed by atoms with Crippen LogP contribution < -0.4 is 9.47 Å². The fraction of sp³-hybridized carbons (Fsp3) is 0.133. The van der Waals surface area contributed by atoms with Gasteiger partial charge < -0.3 is 9.47 Å². The zero-order valence-corrected chi connectivity index (χ0v) is 12.2. The smallest absolute Gasteiger partial charge is 0.150 e. The third-order valence-corrected chi connectivity index (χ3v) is 3.59. The van der Waals surface area contributed by atoms with Crippen molar-refractivity contribution in [2.45, 2.75) is 0 Å². The van der Waals surface area contributed by atoms with Crippen LogP contribution in [0, 0.1) is 0 Å². The molecule has 0 aliphatic heterocycles. The maximum atomic E-state index is 10.7. The Morgan fingerprint density at radius 2 is 1.68 bits per heavy atom. The van der Waals surface area contributed by atoms with Crippen LogP contribution in [-0.2, 0) is 0 Å². The molecule has 0 unspecified atom stereocenters. The van der Waals surface area contributed by atoms with Crippen LogP contribution in [-0.4, -0.2) is 20.5 Å². The van der Waals surface area contributed by atoms with Crippen LogP contribution in [0.1, 0.15) is 10.4 Å². The number of carbonyl (C=O) groups excluding carboxylic acids is 1. The Hall–Kier alpha value is -1.81. The van der Waals surface area contributed by atoms with Crippen molar-refractivity contribution in [3.8, 4) is 22.6 Å². The molecule has 0 saturated heterocycles. The van der Waals surface area contributed by atoms with Gasteiger partial charge in [-0.2, -0.15) is 0 Å². The van der Waals surface area contributed by atoms with Gasteiger partial charge in [-0.1, -0.05) is 24.3 Å². The molecule has 0 amide bonds.